The number of aromatic carboxylic acids is 1. The highest BCUT2D eigenvalue weighted by Gasteiger charge is 2.35. The van der Waals surface area contributed by atoms with Crippen molar-refractivity contribution in [3.63, 3.8) is 0 Å². The summed E-state index contributed by atoms with van der Waals surface area (Å²) in [6.45, 7) is 11.5. The van der Waals surface area contributed by atoms with Gasteiger partial charge in [0.1, 0.15) is 28.4 Å². The first-order chi connectivity index (χ1) is 21.9. The molecule has 252 valence electrons. The Labute approximate surface area is 270 Å². The average Bonchev–Trinajstić information content (AvgIpc) is 2.96. The molecule has 0 radical (unpaired) electrons. The summed E-state index contributed by atoms with van der Waals surface area (Å²) in [6, 6.07) is 9.13. The van der Waals surface area contributed by atoms with Crippen molar-refractivity contribution in [1.82, 2.24) is 19.8 Å². The van der Waals surface area contributed by atoms with E-state index in [1.165, 1.54) is 30.5 Å². The summed E-state index contributed by atoms with van der Waals surface area (Å²) < 4.78 is 52.6. The first-order valence-electron chi connectivity index (χ1n) is 15.0. The molecule has 1 unspecified atom stereocenters. The van der Waals surface area contributed by atoms with Gasteiger partial charge in [-0.15, -0.1) is 0 Å². The summed E-state index contributed by atoms with van der Waals surface area (Å²) >= 11 is 0. The molecular weight excluding hydrogens is 619 g/mol. The number of carboxylic acid groups (broad SMARTS) is 1. The molecule has 1 aliphatic rings. The zero-order valence-corrected chi connectivity index (χ0v) is 27.0. The first kappa shape index (κ1) is 35.1. The van der Waals surface area contributed by atoms with Gasteiger partial charge in [0.25, 0.3) is 5.91 Å². The van der Waals surface area contributed by atoms with Crippen LogP contribution >= 0.6 is 0 Å². The largest absolute Gasteiger partial charge is 0.482 e. The maximum Gasteiger partial charge on any atom is 0.433 e. The van der Waals surface area contributed by atoms with E-state index in [0.29, 0.717) is 30.0 Å². The lowest BCUT2D eigenvalue weighted by molar-refractivity contribution is -0.141. The quantitative estimate of drug-likeness (QED) is 0.294. The highest BCUT2D eigenvalue weighted by Crippen LogP contribution is 2.33. The van der Waals surface area contributed by atoms with Gasteiger partial charge in [-0.05, 0) is 83.0 Å². The lowest BCUT2D eigenvalue weighted by Crippen LogP contribution is -2.55. The van der Waals surface area contributed by atoms with E-state index in [-0.39, 0.29) is 41.7 Å². The highest BCUT2D eigenvalue weighted by molar-refractivity contribution is 6.07. The van der Waals surface area contributed by atoms with Crippen LogP contribution in [0.5, 0.6) is 5.75 Å². The van der Waals surface area contributed by atoms with E-state index in [2.05, 4.69) is 15.3 Å². The number of hydrogen-bond donors (Lipinski definition) is 2. The lowest BCUT2D eigenvalue weighted by atomic mass is 10.0. The second-order valence-corrected chi connectivity index (χ2v) is 12.4. The van der Waals surface area contributed by atoms with Crippen LogP contribution in [0.2, 0.25) is 0 Å². The molecule has 0 aliphatic carbocycles. The van der Waals surface area contributed by atoms with Crippen molar-refractivity contribution in [2.75, 3.05) is 31.5 Å². The van der Waals surface area contributed by atoms with Gasteiger partial charge < -0.3 is 24.8 Å². The van der Waals surface area contributed by atoms with Gasteiger partial charge in [-0.1, -0.05) is 12.1 Å². The number of carbonyl (C=O) groups excluding carboxylic acids is 2. The summed E-state index contributed by atoms with van der Waals surface area (Å²) in [6.07, 6.45) is -4.83. The van der Waals surface area contributed by atoms with Gasteiger partial charge in [-0.25, -0.2) is 19.6 Å². The molecule has 4 rings (SSSR count). The van der Waals surface area contributed by atoms with Crippen LogP contribution in [0.15, 0.2) is 48.7 Å². The number of aromatic nitrogens is 2. The van der Waals surface area contributed by atoms with Gasteiger partial charge in [-0.3, -0.25) is 9.69 Å². The Balaban J connectivity index is 1.65. The maximum absolute atomic E-state index is 13.6. The van der Waals surface area contributed by atoms with Crippen LogP contribution in [0.3, 0.4) is 0 Å². The van der Waals surface area contributed by atoms with Gasteiger partial charge >= 0.3 is 18.2 Å². The smallest absolute Gasteiger partial charge is 0.433 e. The molecule has 1 saturated heterocycles. The predicted molar refractivity (Wildman–Crippen MR) is 167 cm³/mol. The third-order valence-electron chi connectivity index (χ3n) is 7.47. The number of amides is 2. The molecule has 11 nitrogen and oxygen atoms in total. The summed E-state index contributed by atoms with van der Waals surface area (Å²) in [5.41, 5.74) is -1.11. The summed E-state index contributed by atoms with van der Waals surface area (Å²) in [7, 11) is 0. The molecule has 2 amide bonds. The minimum absolute atomic E-state index is 0.0279. The van der Waals surface area contributed by atoms with Crippen molar-refractivity contribution in [2.45, 2.75) is 65.5 Å². The van der Waals surface area contributed by atoms with Crippen molar-refractivity contribution in [3.8, 4) is 5.75 Å². The van der Waals surface area contributed by atoms with E-state index in [4.69, 9.17) is 9.47 Å². The average molecular weight is 658 g/mol. The molecule has 1 aliphatic heterocycles. The predicted octanol–water partition coefficient (Wildman–Crippen LogP) is 6.12. The number of nitrogens with zero attached hydrogens (tertiary/aromatic N) is 4. The number of hydrogen-bond acceptors (Lipinski definition) is 8. The van der Waals surface area contributed by atoms with Crippen molar-refractivity contribution in [2.24, 2.45) is 0 Å². The summed E-state index contributed by atoms with van der Waals surface area (Å²) in [5.74, 6) is -1.83. The number of carbonyl (C=O) groups is 3. The second-order valence-electron chi connectivity index (χ2n) is 12.4. The topological polar surface area (TPSA) is 134 Å². The Kier molecular flexibility index (Phi) is 10.4. The summed E-state index contributed by atoms with van der Waals surface area (Å²) in [4.78, 5) is 49.7. The number of piperazine rings is 1. The Hall–Kier alpha value is -4.72. The molecular formula is C33H38F3N5O6. The normalized spacial score (nSPS) is 16.4. The van der Waals surface area contributed by atoms with Crippen LogP contribution in [-0.4, -0.2) is 80.7 Å². The van der Waals surface area contributed by atoms with E-state index in [9.17, 15) is 32.7 Å². The van der Waals surface area contributed by atoms with Gasteiger partial charge in [0, 0.05) is 44.0 Å². The molecule has 0 bridgehead atoms. The second kappa shape index (κ2) is 14.0. The highest BCUT2D eigenvalue weighted by atomic mass is 19.4. The van der Waals surface area contributed by atoms with Crippen LogP contribution in [0.25, 0.3) is 0 Å². The molecule has 2 N–H and O–H groups in total. The van der Waals surface area contributed by atoms with Crippen LogP contribution in [-0.2, 0) is 10.9 Å². The number of pyridine rings is 2. The van der Waals surface area contributed by atoms with Gasteiger partial charge in [0.15, 0.2) is 6.10 Å². The van der Waals surface area contributed by atoms with Gasteiger partial charge in [0.2, 0.25) is 0 Å². The number of nitrogens with one attached hydrogen (secondary N) is 1. The van der Waals surface area contributed by atoms with Gasteiger partial charge in [-0.2, -0.15) is 13.2 Å². The maximum atomic E-state index is 13.6. The van der Waals surface area contributed by atoms with Crippen molar-refractivity contribution in [3.05, 3.63) is 82.3 Å². The number of carboxylic acids is 1. The standard InChI is InChI=1S/C33H38F3N5O6/c1-19-9-8-12-37-28(19)39-29(42)22-16-23(30(43)44)25(15-20(22)2)46-26(24-10-7-11-27(38-24)33(34,35)36)18-40-13-14-41(21(3)17-40)31(45)47-32(4,5)6/h7-12,15-16,21,26H,13-14,17-18H2,1-6H3,(H,43,44)(H,37,39,42)/t21-,26?/m1/s1. The van der Waals surface area contributed by atoms with Crippen LogP contribution in [0, 0.1) is 13.8 Å². The number of halogens is 3. The van der Waals surface area contributed by atoms with Crippen molar-refractivity contribution >= 4 is 23.8 Å². The molecule has 1 aromatic carbocycles. The third kappa shape index (κ3) is 8.97. The Morgan fingerprint density at radius 2 is 1.77 bits per heavy atom. The van der Waals surface area contributed by atoms with E-state index in [1.54, 1.807) is 51.7 Å². The molecule has 14 heteroatoms. The van der Waals surface area contributed by atoms with E-state index in [1.807, 2.05) is 11.8 Å². The number of alkyl halides is 3. The molecule has 3 heterocycles. The van der Waals surface area contributed by atoms with E-state index in [0.717, 1.165) is 6.07 Å². The van der Waals surface area contributed by atoms with E-state index >= 15 is 0 Å². The minimum Gasteiger partial charge on any atom is -0.482 e. The fourth-order valence-electron chi connectivity index (χ4n) is 5.14. The molecule has 2 atom stereocenters. The summed E-state index contributed by atoms with van der Waals surface area (Å²) in [5, 5.41) is 12.8. The Bertz CT molecular complexity index is 1640. The van der Waals surface area contributed by atoms with Crippen LogP contribution < -0.4 is 10.1 Å². The van der Waals surface area contributed by atoms with Crippen molar-refractivity contribution < 1.29 is 42.1 Å². The SMILES string of the molecule is Cc1cc(OC(CN2CCN(C(=O)OC(C)(C)C)[C@H](C)C2)c2cccc(C(F)(F)F)n2)c(C(=O)O)cc1C(=O)Nc1ncccc1C. The first-order valence-corrected chi connectivity index (χ1v) is 15.0. The zero-order chi connectivity index (χ0) is 34.7. The molecule has 0 spiro atoms. The Morgan fingerprint density at radius 3 is 2.38 bits per heavy atom. The van der Waals surface area contributed by atoms with E-state index < -0.39 is 41.5 Å². The number of anilines is 1. The van der Waals surface area contributed by atoms with Crippen LogP contribution in [0.4, 0.5) is 23.8 Å². The fourth-order valence-corrected chi connectivity index (χ4v) is 5.14. The van der Waals surface area contributed by atoms with Crippen molar-refractivity contribution in [1.29, 1.82) is 0 Å². The molecule has 2 aromatic heterocycles. The van der Waals surface area contributed by atoms with Crippen LogP contribution in [0.1, 0.15) is 77.0 Å². The number of aryl methyl sites for hydroxylation is 2. The lowest BCUT2D eigenvalue weighted by Gasteiger charge is -2.41. The van der Waals surface area contributed by atoms with Gasteiger partial charge in [0.05, 0.1) is 5.69 Å². The fraction of sp³-hybridized carbons (Fsp3) is 0.424. The minimum atomic E-state index is -4.72. The third-order valence-corrected chi connectivity index (χ3v) is 7.47. The number of ether oxygens (including phenoxy) is 2. The number of rotatable bonds is 8. The number of benzene rings is 1. The molecule has 47 heavy (non-hydrogen) atoms. The molecule has 0 saturated carbocycles. The molecule has 3 aromatic rings. The molecule has 1 fully saturated rings. The monoisotopic (exact) mass is 657 g/mol. The zero-order valence-electron chi connectivity index (χ0n) is 27.0. The Morgan fingerprint density at radius 1 is 1.04 bits per heavy atom.